The van der Waals surface area contributed by atoms with Crippen LogP contribution in [0.5, 0.6) is 0 Å². The maximum Gasteiger partial charge on any atom is 0.244 e. The van der Waals surface area contributed by atoms with Gasteiger partial charge in [-0.3, -0.25) is 9.59 Å². The van der Waals surface area contributed by atoms with Gasteiger partial charge in [-0.25, -0.2) is 4.39 Å². The molecule has 1 fully saturated rings. The fraction of sp³-hybridized carbons (Fsp3) is 0.391. The van der Waals surface area contributed by atoms with E-state index in [0.717, 1.165) is 31.2 Å². The van der Waals surface area contributed by atoms with E-state index in [1.807, 2.05) is 30.3 Å². The van der Waals surface area contributed by atoms with Crippen molar-refractivity contribution >= 4 is 17.5 Å². The van der Waals surface area contributed by atoms with Crippen LogP contribution in [0, 0.1) is 11.7 Å². The summed E-state index contributed by atoms with van der Waals surface area (Å²) in [5, 5.41) is 2.84. The van der Waals surface area contributed by atoms with Crippen molar-refractivity contribution < 1.29 is 14.0 Å². The minimum atomic E-state index is -0.484. The van der Waals surface area contributed by atoms with Gasteiger partial charge in [0.15, 0.2) is 0 Å². The molecule has 1 atom stereocenters. The third kappa shape index (κ3) is 3.93. The number of benzene rings is 2. The van der Waals surface area contributed by atoms with Crippen LogP contribution in [0.1, 0.15) is 55.7 Å². The molecular formula is C23H25FN2O2. The zero-order valence-electron chi connectivity index (χ0n) is 15.9. The standard InChI is InChI=1S/C23H25FN2O2/c24-18-11-12-20-19(14-18)23(17-9-5-2-6-10-17)26(15-21(27)25-20)22(28)13-16-7-3-1-4-8-16/h2,5-6,9-12,14,16,23H,1,3-4,7-8,13,15H2,(H,25,27)/t23-/m0/s1. The van der Waals surface area contributed by atoms with Crippen molar-refractivity contribution in [1.82, 2.24) is 4.90 Å². The molecule has 5 heteroatoms. The largest absolute Gasteiger partial charge is 0.324 e. The van der Waals surface area contributed by atoms with Crippen LogP contribution in [-0.4, -0.2) is 23.3 Å². The summed E-state index contributed by atoms with van der Waals surface area (Å²) in [4.78, 5) is 27.4. The molecule has 0 saturated heterocycles. The average molecular weight is 380 g/mol. The molecule has 2 aromatic rings. The van der Waals surface area contributed by atoms with Crippen molar-refractivity contribution in [1.29, 1.82) is 0 Å². The maximum absolute atomic E-state index is 14.1. The van der Waals surface area contributed by atoms with Crippen molar-refractivity contribution in [2.45, 2.75) is 44.6 Å². The van der Waals surface area contributed by atoms with Gasteiger partial charge in [0.1, 0.15) is 12.4 Å². The molecule has 1 aliphatic heterocycles. The van der Waals surface area contributed by atoms with Crippen molar-refractivity contribution in [3.05, 3.63) is 65.5 Å². The summed E-state index contributed by atoms with van der Waals surface area (Å²) < 4.78 is 14.1. The van der Waals surface area contributed by atoms with Gasteiger partial charge in [-0.15, -0.1) is 0 Å². The Kier molecular flexibility index (Phi) is 5.42. The summed E-state index contributed by atoms with van der Waals surface area (Å²) in [6.07, 6.45) is 6.13. The van der Waals surface area contributed by atoms with E-state index in [-0.39, 0.29) is 24.2 Å². The zero-order chi connectivity index (χ0) is 19.5. The van der Waals surface area contributed by atoms with Crippen LogP contribution in [0.4, 0.5) is 10.1 Å². The first-order valence-electron chi connectivity index (χ1n) is 10.1. The number of carbonyl (C=O) groups excluding carboxylic acids is 2. The molecule has 1 N–H and O–H groups in total. The van der Waals surface area contributed by atoms with Crippen LogP contribution in [0.15, 0.2) is 48.5 Å². The lowest BCUT2D eigenvalue weighted by molar-refractivity contribution is -0.137. The smallest absolute Gasteiger partial charge is 0.244 e. The summed E-state index contributed by atoms with van der Waals surface area (Å²) in [5.74, 6) is -0.289. The second-order valence-electron chi connectivity index (χ2n) is 7.82. The molecule has 146 valence electrons. The summed E-state index contributed by atoms with van der Waals surface area (Å²) in [6.45, 7) is -0.0264. The lowest BCUT2D eigenvalue weighted by Gasteiger charge is -2.32. The summed E-state index contributed by atoms with van der Waals surface area (Å²) in [7, 11) is 0. The Balaban J connectivity index is 1.73. The third-order valence-electron chi connectivity index (χ3n) is 5.83. The molecule has 2 amide bonds. The fourth-order valence-corrected chi connectivity index (χ4v) is 4.46. The van der Waals surface area contributed by atoms with Gasteiger partial charge in [0.05, 0.1) is 6.04 Å². The van der Waals surface area contributed by atoms with Gasteiger partial charge < -0.3 is 10.2 Å². The van der Waals surface area contributed by atoms with Crippen LogP contribution in [0.3, 0.4) is 0 Å². The first-order valence-corrected chi connectivity index (χ1v) is 10.1. The Morgan fingerprint density at radius 1 is 1.07 bits per heavy atom. The number of anilines is 1. The van der Waals surface area contributed by atoms with Gasteiger partial charge >= 0.3 is 0 Å². The third-order valence-corrected chi connectivity index (χ3v) is 5.83. The van der Waals surface area contributed by atoms with E-state index in [1.54, 1.807) is 11.0 Å². The van der Waals surface area contributed by atoms with Gasteiger partial charge in [-0.1, -0.05) is 49.6 Å². The van der Waals surface area contributed by atoms with Crippen molar-refractivity contribution in [2.24, 2.45) is 5.92 Å². The first-order chi connectivity index (χ1) is 13.6. The molecule has 0 unspecified atom stereocenters. The minimum absolute atomic E-state index is 0.0264. The SMILES string of the molecule is O=C1CN(C(=O)CC2CCCCC2)[C@@H](c2ccccc2)c2cc(F)ccc2N1. The van der Waals surface area contributed by atoms with Crippen molar-refractivity contribution in [3.63, 3.8) is 0 Å². The number of halogens is 1. The van der Waals surface area contributed by atoms with Gasteiger partial charge in [0.25, 0.3) is 0 Å². The van der Waals surface area contributed by atoms with E-state index in [9.17, 15) is 14.0 Å². The number of hydrogen-bond acceptors (Lipinski definition) is 2. The highest BCUT2D eigenvalue weighted by Gasteiger charge is 2.34. The van der Waals surface area contributed by atoms with Crippen LogP contribution < -0.4 is 5.32 Å². The van der Waals surface area contributed by atoms with E-state index in [1.165, 1.54) is 18.6 Å². The second kappa shape index (κ2) is 8.13. The number of amides is 2. The quantitative estimate of drug-likeness (QED) is 0.841. The highest BCUT2D eigenvalue weighted by molar-refractivity contribution is 5.97. The molecule has 0 bridgehead atoms. The Morgan fingerprint density at radius 3 is 2.57 bits per heavy atom. The highest BCUT2D eigenvalue weighted by atomic mass is 19.1. The molecule has 4 nitrogen and oxygen atoms in total. The van der Waals surface area contributed by atoms with Crippen LogP contribution in [0.2, 0.25) is 0 Å². The topological polar surface area (TPSA) is 49.4 Å². The van der Waals surface area contributed by atoms with Crippen LogP contribution in [0.25, 0.3) is 0 Å². The molecule has 0 spiro atoms. The van der Waals surface area contributed by atoms with E-state index < -0.39 is 6.04 Å². The number of nitrogens with one attached hydrogen (secondary N) is 1. The van der Waals surface area contributed by atoms with Gasteiger partial charge in [0.2, 0.25) is 11.8 Å². The first kappa shape index (κ1) is 18.7. The summed E-state index contributed by atoms with van der Waals surface area (Å²) in [5.41, 5.74) is 2.06. The number of nitrogens with zero attached hydrogens (tertiary/aromatic N) is 1. The van der Waals surface area contributed by atoms with E-state index in [0.29, 0.717) is 23.6 Å². The monoisotopic (exact) mass is 380 g/mol. The lowest BCUT2D eigenvalue weighted by atomic mass is 9.86. The molecule has 0 radical (unpaired) electrons. The van der Waals surface area contributed by atoms with Gasteiger partial charge in [-0.05, 0) is 42.5 Å². The van der Waals surface area contributed by atoms with Crippen molar-refractivity contribution in [3.8, 4) is 0 Å². The number of fused-ring (bicyclic) bond motifs is 1. The molecule has 4 rings (SSSR count). The number of carbonyl (C=O) groups is 2. The molecule has 1 heterocycles. The predicted molar refractivity (Wildman–Crippen MR) is 106 cm³/mol. The average Bonchev–Trinajstić information content (AvgIpc) is 2.85. The normalized spacial score (nSPS) is 20.2. The Morgan fingerprint density at radius 2 is 1.82 bits per heavy atom. The maximum atomic E-state index is 14.1. The molecule has 0 aromatic heterocycles. The van der Waals surface area contributed by atoms with Gasteiger partial charge in [-0.2, -0.15) is 0 Å². The predicted octanol–water partition coefficient (Wildman–Crippen LogP) is 4.67. The van der Waals surface area contributed by atoms with Crippen LogP contribution >= 0.6 is 0 Å². The minimum Gasteiger partial charge on any atom is -0.324 e. The molecule has 1 saturated carbocycles. The highest BCUT2D eigenvalue weighted by Crippen LogP contribution is 2.37. The lowest BCUT2D eigenvalue weighted by Crippen LogP contribution is -2.39. The Bertz CT molecular complexity index is 862. The van der Waals surface area contributed by atoms with Crippen LogP contribution in [-0.2, 0) is 9.59 Å². The molecule has 1 aliphatic carbocycles. The van der Waals surface area contributed by atoms with Gasteiger partial charge in [0, 0.05) is 17.7 Å². The zero-order valence-corrected chi connectivity index (χ0v) is 15.9. The van der Waals surface area contributed by atoms with E-state index >= 15 is 0 Å². The second-order valence-corrected chi connectivity index (χ2v) is 7.82. The van der Waals surface area contributed by atoms with E-state index in [2.05, 4.69) is 5.32 Å². The Hall–Kier alpha value is -2.69. The Labute approximate surface area is 164 Å². The van der Waals surface area contributed by atoms with E-state index in [4.69, 9.17) is 0 Å². The molecular weight excluding hydrogens is 355 g/mol. The van der Waals surface area contributed by atoms with Crippen molar-refractivity contribution in [2.75, 3.05) is 11.9 Å². The molecule has 2 aliphatic rings. The number of hydrogen-bond donors (Lipinski definition) is 1. The summed E-state index contributed by atoms with van der Waals surface area (Å²) >= 11 is 0. The molecule has 2 aromatic carbocycles. The molecule has 28 heavy (non-hydrogen) atoms. The fourth-order valence-electron chi connectivity index (χ4n) is 4.46. The number of rotatable bonds is 3. The summed E-state index contributed by atoms with van der Waals surface area (Å²) in [6, 6.07) is 13.4.